The summed E-state index contributed by atoms with van der Waals surface area (Å²) in [5, 5.41) is 1.97. The fourth-order valence-electron chi connectivity index (χ4n) is 0.201. The van der Waals surface area contributed by atoms with Gasteiger partial charge in [0.2, 0.25) is 0 Å². The van der Waals surface area contributed by atoms with Gasteiger partial charge in [-0.3, -0.25) is 0 Å². The van der Waals surface area contributed by atoms with Crippen LogP contribution < -0.4 is 5.32 Å². The van der Waals surface area contributed by atoms with Gasteiger partial charge in [0.15, 0.2) is 10.7 Å². The Morgan fingerprint density at radius 3 is 2.56 bits per heavy atom. The molecule has 0 unspecified atom stereocenters. The number of carbonyl (C=O) groups is 1. The number of nitrogens with one attached hydrogen (secondary N) is 1. The molecule has 0 aliphatic carbocycles. The third-order valence-corrected chi connectivity index (χ3v) is 0.954. The third-order valence-electron chi connectivity index (χ3n) is 0.538. The summed E-state index contributed by atoms with van der Waals surface area (Å²) >= 11 is 0. The lowest BCUT2D eigenvalue weighted by Crippen LogP contribution is -2.24. The predicted octanol–water partition coefficient (Wildman–Crippen LogP) is -1.09. The van der Waals surface area contributed by atoms with Gasteiger partial charge in [-0.2, -0.15) is 0 Å². The van der Waals surface area contributed by atoms with E-state index in [1.165, 1.54) is 0 Å². The number of hydrogen-bond donors (Lipinski definition) is 2. The van der Waals surface area contributed by atoms with E-state index in [0.717, 1.165) is 7.11 Å². The van der Waals surface area contributed by atoms with E-state index in [0.29, 0.717) is 0 Å². The van der Waals surface area contributed by atoms with Crippen LogP contribution in [-0.2, 0) is 15.4 Å². The first-order chi connectivity index (χ1) is 4.16. The largest absolute Gasteiger partial charge is 0.453 e. The van der Waals surface area contributed by atoms with Crippen molar-refractivity contribution in [1.29, 1.82) is 0 Å². The highest BCUT2D eigenvalue weighted by atomic mass is 32.2. The molecule has 0 saturated carbocycles. The number of hydrogen-bond acceptors (Lipinski definition) is 4. The molecule has 9 heavy (non-hydrogen) atoms. The van der Waals surface area contributed by atoms with E-state index in [2.05, 4.69) is 4.74 Å². The molecule has 1 N–H and O–H groups in total. The van der Waals surface area contributed by atoms with Crippen molar-refractivity contribution < 1.29 is 17.9 Å². The number of carbonyl (C=O) groups excluding carboxylic acids is 1. The van der Waals surface area contributed by atoms with E-state index >= 15 is 0 Å². The lowest BCUT2D eigenvalue weighted by atomic mass is 11.1. The van der Waals surface area contributed by atoms with Gasteiger partial charge in [-0.25, -0.2) is 13.2 Å². The molecular formula is C3H7NO4S. The van der Waals surface area contributed by atoms with Crippen molar-refractivity contribution in [3.8, 4) is 0 Å². The molecule has 0 aliphatic rings. The van der Waals surface area contributed by atoms with Gasteiger partial charge in [0, 0.05) is 0 Å². The molecule has 0 spiro atoms. The average molecular weight is 153 g/mol. The van der Waals surface area contributed by atoms with Gasteiger partial charge in [-0.15, -0.1) is 0 Å². The molecule has 0 bridgehead atoms. The SMILES string of the molecule is COC(=O)NC[SH](=O)=O. The zero-order chi connectivity index (χ0) is 7.28. The Bertz CT molecular complexity index is 155. The van der Waals surface area contributed by atoms with Crippen LogP contribution in [0, 0.1) is 0 Å². The summed E-state index contributed by atoms with van der Waals surface area (Å²) in [6, 6.07) is 0. The Kier molecular flexibility index (Phi) is 3.78. The molecule has 1 amide bonds. The van der Waals surface area contributed by atoms with Crippen LogP contribution in [0.2, 0.25) is 0 Å². The summed E-state index contributed by atoms with van der Waals surface area (Å²) in [5.41, 5.74) is 0. The van der Waals surface area contributed by atoms with Crippen LogP contribution in [0.25, 0.3) is 0 Å². The van der Waals surface area contributed by atoms with Crippen LogP contribution in [0.15, 0.2) is 0 Å². The molecule has 0 atom stereocenters. The van der Waals surface area contributed by atoms with Gasteiger partial charge in [0.1, 0.15) is 5.88 Å². The Labute approximate surface area is 54.0 Å². The first-order valence-electron chi connectivity index (χ1n) is 2.10. The van der Waals surface area contributed by atoms with Crippen molar-refractivity contribution in [3.05, 3.63) is 0 Å². The fraction of sp³-hybridized carbons (Fsp3) is 0.667. The van der Waals surface area contributed by atoms with E-state index in [1.807, 2.05) is 5.32 Å². The maximum absolute atomic E-state index is 10.1. The first-order valence-corrected chi connectivity index (χ1v) is 3.46. The topological polar surface area (TPSA) is 72.5 Å². The molecular weight excluding hydrogens is 146 g/mol. The molecule has 0 heterocycles. The van der Waals surface area contributed by atoms with E-state index in [9.17, 15) is 13.2 Å². The number of amides is 1. The minimum atomic E-state index is -2.55. The zero-order valence-electron chi connectivity index (χ0n) is 4.79. The Hall–Kier alpha value is -0.780. The fourth-order valence-corrected chi connectivity index (χ4v) is 0.459. The van der Waals surface area contributed by atoms with Crippen LogP contribution in [0.3, 0.4) is 0 Å². The first kappa shape index (κ1) is 8.22. The Morgan fingerprint density at radius 2 is 2.22 bits per heavy atom. The second-order valence-corrected chi connectivity index (χ2v) is 2.14. The highest BCUT2D eigenvalue weighted by Gasteiger charge is 1.95. The summed E-state index contributed by atoms with van der Waals surface area (Å²) < 4.78 is 23.7. The van der Waals surface area contributed by atoms with Crippen LogP contribution in [-0.4, -0.2) is 27.5 Å². The molecule has 0 aromatic rings. The highest BCUT2D eigenvalue weighted by molar-refractivity contribution is 7.72. The van der Waals surface area contributed by atoms with Crippen LogP contribution in [0.5, 0.6) is 0 Å². The number of rotatable bonds is 2. The zero-order valence-corrected chi connectivity index (χ0v) is 5.68. The summed E-state index contributed by atoms with van der Waals surface area (Å²) in [5.74, 6) is -0.373. The van der Waals surface area contributed by atoms with Gasteiger partial charge in [-0.05, 0) is 0 Å². The number of ether oxygens (including phenoxy) is 1. The van der Waals surface area contributed by atoms with Gasteiger partial charge in [0.25, 0.3) is 0 Å². The number of methoxy groups -OCH3 is 1. The minimum Gasteiger partial charge on any atom is -0.453 e. The Balaban J connectivity index is 3.39. The van der Waals surface area contributed by atoms with Crippen LogP contribution in [0.4, 0.5) is 4.79 Å². The standard InChI is InChI=1S/C3H7NO4S/c1-8-3(5)4-2-9(6)7/h9H,2H2,1H3,(H,4,5). The van der Waals surface area contributed by atoms with Gasteiger partial charge in [0.05, 0.1) is 7.11 Å². The lowest BCUT2D eigenvalue weighted by molar-refractivity contribution is 0.173. The van der Waals surface area contributed by atoms with Crippen LogP contribution in [0.1, 0.15) is 0 Å². The predicted molar refractivity (Wildman–Crippen MR) is 30.7 cm³/mol. The second kappa shape index (κ2) is 4.13. The van der Waals surface area contributed by atoms with E-state index in [1.54, 1.807) is 0 Å². The summed E-state index contributed by atoms with van der Waals surface area (Å²) in [6.45, 7) is 0. The van der Waals surface area contributed by atoms with Crippen molar-refractivity contribution >= 4 is 16.8 Å². The maximum atomic E-state index is 10.1. The smallest absolute Gasteiger partial charge is 0.407 e. The van der Waals surface area contributed by atoms with Crippen LogP contribution >= 0.6 is 0 Å². The van der Waals surface area contributed by atoms with Crippen molar-refractivity contribution in [3.63, 3.8) is 0 Å². The quantitative estimate of drug-likeness (QED) is 0.494. The molecule has 54 valence electrons. The molecule has 0 aromatic heterocycles. The third kappa shape index (κ3) is 5.09. The molecule has 0 saturated heterocycles. The van der Waals surface area contributed by atoms with E-state index in [-0.39, 0.29) is 5.88 Å². The van der Waals surface area contributed by atoms with Gasteiger partial charge >= 0.3 is 6.09 Å². The molecule has 0 aliphatic heterocycles. The molecule has 0 rings (SSSR count). The summed E-state index contributed by atoms with van der Waals surface area (Å²) in [4.78, 5) is 10.1. The van der Waals surface area contributed by atoms with Gasteiger partial charge < -0.3 is 10.1 Å². The highest BCUT2D eigenvalue weighted by Crippen LogP contribution is 1.68. The maximum Gasteiger partial charge on any atom is 0.407 e. The van der Waals surface area contributed by atoms with E-state index in [4.69, 9.17) is 0 Å². The van der Waals surface area contributed by atoms with Crippen molar-refractivity contribution in [2.45, 2.75) is 0 Å². The molecule has 0 aromatic carbocycles. The molecule has 5 nitrogen and oxygen atoms in total. The summed E-state index contributed by atoms with van der Waals surface area (Å²) in [6.07, 6.45) is -0.741. The average Bonchev–Trinajstić information content (AvgIpc) is 1.83. The normalized spacial score (nSPS) is 9.11. The summed E-state index contributed by atoms with van der Waals surface area (Å²) in [7, 11) is -1.39. The lowest BCUT2D eigenvalue weighted by Gasteiger charge is -1.95. The van der Waals surface area contributed by atoms with Crippen molar-refractivity contribution in [2.75, 3.05) is 13.0 Å². The second-order valence-electron chi connectivity index (χ2n) is 1.16. The van der Waals surface area contributed by atoms with Crippen molar-refractivity contribution in [2.24, 2.45) is 0 Å². The van der Waals surface area contributed by atoms with E-state index < -0.39 is 16.8 Å². The monoisotopic (exact) mass is 153 g/mol. The molecule has 0 fully saturated rings. The molecule has 6 heteroatoms. The minimum absolute atomic E-state index is 0.373. The Morgan fingerprint density at radius 1 is 1.67 bits per heavy atom. The number of alkyl carbamates (subject to hydrolysis) is 1. The van der Waals surface area contributed by atoms with Gasteiger partial charge in [-0.1, -0.05) is 0 Å². The number of thiol groups is 1. The molecule has 0 radical (unpaired) electrons. The van der Waals surface area contributed by atoms with Crippen molar-refractivity contribution in [1.82, 2.24) is 5.32 Å².